The minimum Gasteiger partial charge on any atom is -0.321 e. The predicted octanol–water partition coefficient (Wildman–Crippen LogP) is 4.04. The number of hydrogen-bond donors (Lipinski definition) is 1. The van der Waals surface area contributed by atoms with E-state index in [0.717, 1.165) is 12.8 Å². The van der Waals surface area contributed by atoms with Crippen LogP contribution in [-0.2, 0) is 11.3 Å². The van der Waals surface area contributed by atoms with E-state index >= 15 is 0 Å². The van der Waals surface area contributed by atoms with Gasteiger partial charge in [0.1, 0.15) is 6.07 Å². The standard InChI is InChI=1S/C19H20ClN3O/c1-3-14(4-2)15-7-9-23(10-8-15)13-19(24)22-17-6-5-16(12-21)18(20)11-17/h5-11,14H,3-4,13H2,1-2H3/p+1. The lowest BCUT2D eigenvalue weighted by molar-refractivity contribution is -0.684. The number of anilines is 1. The fourth-order valence-electron chi connectivity index (χ4n) is 2.66. The number of nitrogens with zero attached hydrogens (tertiary/aromatic N) is 2. The number of hydrogen-bond acceptors (Lipinski definition) is 2. The molecule has 4 nitrogen and oxygen atoms in total. The molecule has 1 heterocycles. The average molecular weight is 343 g/mol. The van der Waals surface area contributed by atoms with Crippen LogP contribution >= 0.6 is 11.6 Å². The minimum absolute atomic E-state index is 0.143. The third kappa shape index (κ3) is 4.56. The summed E-state index contributed by atoms with van der Waals surface area (Å²) in [6.07, 6.45) is 6.08. The van der Waals surface area contributed by atoms with Crippen molar-refractivity contribution in [1.82, 2.24) is 0 Å². The number of nitrogens with one attached hydrogen (secondary N) is 1. The Morgan fingerprint density at radius 2 is 1.92 bits per heavy atom. The van der Waals surface area contributed by atoms with Gasteiger partial charge in [0, 0.05) is 17.8 Å². The van der Waals surface area contributed by atoms with Gasteiger partial charge in [0.15, 0.2) is 12.4 Å². The molecule has 0 saturated carbocycles. The van der Waals surface area contributed by atoms with Gasteiger partial charge in [0.25, 0.3) is 5.91 Å². The molecule has 0 unspecified atom stereocenters. The fourth-order valence-corrected chi connectivity index (χ4v) is 2.88. The fraction of sp³-hybridized carbons (Fsp3) is 0.316. The highest BCUT2D eigenvalue weighted by Gasteiger charge is 2.13. The zero-order valence-corrected chi connectivity index (χ0v) is 14.7. The summed E-state index contributed by atoms with van der Waals surface area (Å²) in [5.41, 5.74) is 2.27. The Morgan fingerprint density at radius 3 is 2.46 bits per heavy atom. The van der Waals surface area contributed by atoms with E-state index in [9.17, 15) is 4.79 Å². The first-order valence-corrected chi connectivity index (χ1v) is 8.43. The monoisotopic (exact) mass is 342 g/mol. The first-order chi connectivity index (χ1) is 11.6. The molecule has 0 radical (unpaired) electrons. The molecule has 2 rings (SSSR count). The second kappa shape index (κ2) is 8.47. The maximum Gasteiger partial charge on any atom is 0.290 e. The highest BCUT2D eigenvalue weighted by atomic mass is 35.5. The van der Waals surface area contributed by atoms with Gasteiger partial charge < -0.3 is 5.32 Å². The summed E-state index contributed by atoms with van der Waals surface area (Å²) < 4.78 is 1.84. The number of benzene rings is 1. The predicted molar refractivity (Wildman–Crippen MR) is 94.8 cm³/mol. The normalized spacial score (nSPS) is 10.5. The Morgan fingerprint density at radius 1 is 1.25 bits per heavy atom. The average Bonchev–Trinajstić information content (AvgIpc) is 2.57. The van der Waals surface area contributed by atoms with Crippen molar-refractivity contribution >= 4 is 23.2 Å². The summed E-state index contributed by atoms with van der Waals surface area (Å²) in [5, 5.41) is 12.0. The smallest absolute Gasteiger partial charge is 0.290 e. The molecule has 24 heavy (non-hydrogen) atoms. The van der Waals surface area contributed by atoms with Gasteiger partial charge >= 0.3 is 0 Å². The van der Waals surface area contributed by atoms with E-state index in [1.807, 2.05) is 23.0 Å². The molecule has 2 aromatic rings. The van der Waals surface area contributed by atoms with Crippen molar-refractivity contribution in [2.24, 2.45) is 0 Å². The number of nitriles is 1. The molecule has 0 fully saturated rings. The molecule has 0 aliphatic heterocycles. The van der Waals surface area contributed by atoms with Crippen LogP contribution in [0.4, 0.5) is 5.69 Å². The Hall–Kier alpha value is -2.38. The van der Waals surface area contributed by atoms with Crippen molar-refractivity contribution in [3.05, 3.63) is 58.9 Å². The van der Waals surface area contributed by atoms with Crippen LogP contribution in [0.2, 0.25) is 5.02 Å². The molecule has 124 valence electrons. The number of amides is 1. The first kappa shape index (κ1) is 18.0. The molecule has 0 bridgehead atoms. The SMILES string of the molecule is CCC(CC)c1cc[n+](CC(=O)Nc2ccc(C#N)c(Cl)c2)cc1. The van der Waals surface area contributed by atoms with Crippen molar-refractivity contribution in [1.29, 1.82) is 5.26 Å². The lowest BCUT2D eigenvalue weighted by Crippen LogP contribution is -2.39. The van der Waals surface area contributed by atoms with Crippen LogP contribution in [0.25, 0.3) is 0 Å². The summed E-state index contributed by atoms with van der Waals surface area (Å²) >= 11 is 5.97. The molecule has 0 atom stereocenters. The summed E-state index contributed by atoms with van der Waals surface area (Å²) in [4.78, 5) is 12.1. The highest BCUT2D eigenvalue weighted by Crippen LogP contribution is 2.21. The molecule has 1 amide bonds. The third-order valence-corrected chi connectivity index (χ3v) is 4.39. The zero-order chi connectivity index (χ0) is 17.5. The van der Waals surface area contributed by atoms with E-state index in [2.05, 4.69) is 31.3 Å². The lowest BCUT2D eigenvalue weighted by Gasteiger charge is -2.11. The van der Waals surface area contributed by atoms with Gasteiger partial charge in [-0.25, -0.2) is 0 Å². The Balaban J connectivity index is 2.00. The second-order valence-electron chi connectivity index (χ2n) is 5.67. The lowest BCUT2D eigenvalue weighted by atomic mass is 9.95. The topological polar surface area (TPSA) is 56.8 Å². The van der Waals surface area contributed by atoms with Crippen LogP contribution in [0.5, 0.6) is 0 Å². The quantitative estimate of drug-likeness (QED) is 0.805. The molecule has 0 aliphatic rings. The summed E-state index contributed by atoms with van der Waals surface area (Å²) in [5.74, 6) is 0.422. The van der Waals surface area contributed by atoms with E-state index in [0.29, 0.717) is 22.2 Å². The van der Waals surface area contributed by atoms with E-state index in [1.165, 1.54) is 5.56 Å². The van der Waals surface area contributed by atoms with Gasteiger partial charge in [0.05, 0.1) is 10.6 Å². The van der Waals surface area contributed by atoms with E-state index in [-0.39, 0.29) is 12.5 Å². The van der Waals surface area contributed by atoms with Crippen molar-refractivity contribution in [3.8, 4) is 6.07 Å². The van der Waals surface area contributed by atoms with Gasteiger partial charge in [-0.2, -0.15) is 9.83 Å². The number of halogens is 1. The third-order valence-electron chi connectivity index (χ3n) is 4.07. The molecule has 1 aromatic carbocycles. The van der Waals surface area contributed by atoms with E-state index in [1.54, 1.807) is 18.2 Å². The number of carbonyl (C=O) groups is 1. The van der Waals surface area contributed by atoms with Gasteiger partial charge in [0.2, 0.25) is 6.54 Å². The van der Waals surface area contributed by atoms with Crippen LogP contribution in [0, 0.1) is 11.3 Å². The second-order valence-corrected chi connectivity index (χ2v) is 6.08. The Kier molecular flexibility index (Phi) is 6.34. The van der Waals surface area contributed by atoms with Crippen LogP contribution < -0.4 is 9.88 Å². The van der Waals surface area contributed by atoms with Gasteiger partial charge in [-0.05, 0) is 42.5 Å². The maximum atomic E-state index is 12.1. The number of aromatic nitrogens is 1. The van der Waals surface area contributed by atoms with Gasteiger partial charge in [-0.3, -0.25) is 4.79 Å². The van der Waals surface area contributed by atoms with Gasteiger partial charge in [-0.15, -0.1) is 0 Å². The van der Waals surface area contributed by atoms with Crippen LogP contribution in [0.15, 0.2) is 42.7 Å². The van der Waals surface area contributed by atoms with Crippen molar-refractivity contribution in [2.75, 3.05) is 5.32 Å². The van der Waals surface area contributed by atoms with E-state index in [4.69, 9.17) is 16.9 Å². The molecule has 1 N–H and O–H groups in total. The van der Waals surface area contributed by atoms with Crippen molar-refractivity contribution in [2.45, 2.75) is 39.2 Å². The van der Waals surface area contributed by atoms with Crippen LogP contribution in [-0.4, -0.2) is 5.91 Å². The van der Waals surface area contributed by atoms with Crippen LogP contribution in [0.3, 0.4) is 0 Å². The molecular weight excluding hydrogens is 322 g/mol. The van der Waals surface area contributed by atoms with Crippen molar-refractivity contribution < 1.29 is 9.36 Å². The zero-order valence-electron chi connectivity index (χ0n) is 13.9. The van der Waals surface area contributed by atoms with Gasteiger partial charge in [-0.1, -0.05) is 25.4 Å². The Labute approximate surface area is 147 Å². The minimum atomic E-state index is -0.143. The van der Waals surface area contributed by atoms with E-state index < -0.39 is 0 Å². The molecule has 0 aliphatic carbocycles. The van der Waals surface area contributed by atoms with Crippen molar-refractivity contribution in [3.63, 3.8) is 0 Å². The molecule has 0 saturated heterocycles. The Bertz CT molecular complexity index is 746. The largest absolute Gasteiger partial charge is 0.321 e. The highest BCUT2D eigenvalue weighted by molar-refractivity contribution is 6.32. The molecule has 0 spiro atoms. The number of pyridine rings is 1. The number of rotatable bonds is 6. The summed E-state index contributed by atoms with van der Waals surface area (Å²) in [6, 6.07) is 11.0. The molecule has 1 aromatic heterocycles. The molecule has 5 heteroatoms. The summed E-state index contributed by atoms with van der Waals surface area (Å²) in [7, 11) is 0. The van der Waals surface area contributed by atoms with Crippen LogP contribution in [0.1, 0.15) is 43.7 Å². The maximum absolute atomic E-state index is 12.1. The number of carbonyl (C=O) groups excluding carboxylic acids is 1. The molecular formula is C19H21ClN3O+. The first-order valence-electron chi connectivity index (χ1n) is 8.05. The summed E-state index contributed by atoms with van der Waals surface area (Å²) in [6.45, 7) is 4.59.